The van der Waals surface area contributed by atoms with Crippen molar-refractivity contribution in [3.63, 3.8) is 0 Å². The van der Waals surface area contributed by atoms with Crippen LogP contribution in [0.5, 0.6) is 0 Å². The average Bonchev–Trinajstić information content (AvgIpc) is 3.73. The smallest absolute Gasteiger partial charge is 0.160 e. The molecule has 5 nitrogen and oxygen atoms in total. The van der Waals surface area contributed by atoms with Gasteiger partial charge in [0.1, 0.15) is 11.0 Å². The third-order valence-corrected chi connectivity index (χ3v) is 10.3. The molecule has 3 heterocycles. The molecule has 0 amide bonds. The Bertz CT molecular complexity index is 2940. The number of rotatable bonds is 6. The lowest BCUT2D eigenvalue weighted by Gasteiger charge is -2.12. The van der Waals surface area contributed by atoms with Crippen LogP contribution in [0.3, 0.4) is 0 Å². The zero-order valence-corrected chi connectivity index (χ0v) is 29.2. The van der Waals surface area contributed by atoms with Crippen LogP contribution in [0.4, 0.5) is 0 Å². The number of fused-ring (bicyclic) bond motifs is 5. The van der Waals surface area contributed by atoms with Crippen molar-refractivity contribution in [3.05, 3.63) is 176 Å². The summed E-state index contributed by atoms with van der Waals surface area (Å²) in [5, 5.41) is 3.26. The Labute approximate surface area is 310 Å². The van der Waals surface area contributed by atoms with Gasteiger partial charge in [-0.1, -0.05) is 140 Å². The van der Waals surface area contributed by atoms with E-state index in [1.807, 2.05) is 36.4 Å². The fourth-order valence-corrected chi connectivity index (χ4v) is 7.68. The molecule has 248 valence electrons. The zero-order valence-electron chi connectivity index (χ0n) is 28.4. The molecule has 0 fully saturated rings. The number of hydrogen-bond donors (Lipinski definition) is 0. The molecular weight excluding hydrogens is 667 g/mol. The molecule has 0 spiro atoms. The standard InChI is InChI=1S/C47H29N5S/c1-3-11-30(12-4-1)35-16-10-18-37(28-35)47-49-42(32-13-5-2-6-14-32)29-43(50-47)36-17-9-15-34(27-36)31-21-23-33(24-22-31)45-39-25-26-41-46(52-53-51-41)44(39)38-19-7-8-20-40(38)48-45/h1-29H. The van der Waals surface area contributed by atoms with E-state index in [2.05, 4.69) is 148 Å². The maximum atomic E-state index is 5.17. The van der Waals surface area contributed by atoms with Crippen LogP contribution in [0.1, 0.15) is 0 Å². The summed E-state index contributed by atoms with van der Waals surface area (Å²) >= 11 is 1.25. The summed E-state index contributed by atoms with van der Waals surface area (Å²) in [5.41, 5.74) is 14.1. The van der Waals surface area contributed by atoms with Gasteiger partial charge in [-0.3, -0.25) is 0 Å². The van der Waals surface area contributed by atoms with Crippen LogP contribution < -0.4 is 0 Å². The summed E-state index contributed by atoms with van der Waals surface area (Å²) in [6.07, 6.45) is 0. The van der Waals surface area contributed by atoms with Crippen molar-refractivity contribution in [3.8, 4) is 67.4 Å². The Hall–Kier alpha value is -6.89. The lowest BCUT2D eigenvalue weighted by molar-refractivity contribution is 1.18. The van der Waals surface area contributed by atoms with Crippen molar-refractivity contribution in [2.45, 2.75) is 0 Å². The van der Waals surface area contributed by atoms with E-state index in [9.17, 15) is 0 Å². The minimum absolute atomic E-state index is 0.690. The second-order valence-corrected chi connectivity index (χ2v) is 13.6. The molecule has 3 aromatic heterocycles. The summed E-state index contributed by atoms with van der Waals surface area (Å²) < 4.78 is 9.18. The number of pyridine rings is 1. The quantitative estimate of drug-likeness (QED) is 0.162. The Balaban J connectivity index is 1.05. The van der Waals surface area contributed by atoms with Crippen molar-refractivity contribution < 1.29 is 0 Å². The van der Waals surface area contributed by atoms with Gasteiger partial charge in [0, 0.05) is 38.4 Å². The van der Waals surface area contributed by atoms with Crippen molar-refractivity contribution in [2.75, 3.05) is 0 Å². The number of benzene rings is 7. The first-order valence-corrected chi connectivity index (χ1v) is 18.2. The molecule has 0 aliphatic rings. The molecular formula is C47H29N5S. The van der Waals surface area contributed by atoms with Gasteiger partial charge in [-0.05, 0) is 58.7 Å². The first kappa shape index (κ1) is 30.9. The predicted octanol–water partition coefficient (Wildman–Crippen LogP) is 12.2. The SMILES string of the molecule is c1ccc(-c2cccc(-c3nc(-c4ccccc4)cc(-c4cccc(-c5ccc(-c6nc7ccccc7c7c6ccc6nsnc67)cc5)c4)n3)c2)cc1. The third kappa shape index (κ3) is 5.72. The molecule has 6 heteroatoms. The van der Waals surface area contributed by atoms with E-state index in [1.54, 1.807) is 0 Å². The van der Waals surface area contributed by atoms with Crippen LogP contribution in [0.25, 0.3) is 100 Å². The molecule has 53 heavy (non-hydrogen) atoms. The Kier molecular flexibility index (Phi) is 7.59. The van der Waals surface area contributed by atoms with Crippen LogP contribution in [0, 0.1) is 0 Å². The van der Waals surface area contributed by atoms with Crippen LogP contribution in [-0.4, -0.2) is 23.7 Å². The molecule has 0 bridgehead atoms. The molecule has 0 saturated heterocycles. The lowest BCUT2D eigenvalue weighted by atomic mass is 9.96. The molecule has 0 aliphatic heterocycles. The summed E-state index contributed by atoms with van der Waals surface area (Å²) in [4.78, 5) is 15.4. The van der Waals surface area contributed by atoms with Crippen molar-refractivity contribution in [1.82, 2.24) is 23.7 Å². The highest BCUT2D eigenvalue weighted by molar-refractivity contribution is 7.00. The number of hydrogen-bond acceptors (Lipinski definition) is 6. The van der Waals surface area contributed by atoms with E-state index in [-0.39, 0.29) is 0 Å². The summed E-state index contributed by atoms with van der Waals surface area (Å²) in [6.45, 7) is 0. The molecule has 0 aliphatic carbocycles. The zero-order chi connectivity index (χ0) is 35.1. The largest absolute Gasteiger partial charge is 0.247 e. The van der Waals surface area contributed by atoms with E-state index in [0.29, 0.717) is 5.82 Å². The minimum Gasteiger partial charge on any atom is -0.247 e. The first-order valence-electron chi connectivity index (χ1n) is 17.5. The molecule has 10 rings (SSSR count). The van der Waals surface area contributed by atoms with Gasteiger partial charge in [0.25, 0.3) is 0 Å². The highest BCUT2D eigenvalue weighted by atomic mass is 32.1. The fourth-order valence-electron chi connectivity index (χ4n) is 7.13. The van der Waals surface area contributed by atoms with Crippen LogP contribution >= 0.6 is 11.7 Å². The fraction of sp³-hybridized carbons (Fsp3) is 0. The minimum atomic E-state index is 0.690. The maximum absolute atomic E-state index is 5.17. The van der Waals surface area contributed by atoms with Gasteiger partial charge >= 0.3 is 0 Å². The monoisotopic (exact) mass is 695 g/mol. The highest BCUT2D eigenvalue weighted by Crippen LogP contribution is 2.37. The molecule has 0 N–H and O–H groups in total. The van der Waals surface area contributed by atoms with Crippen LogP contribution in [-0.2, 0) is 0 Å². The van der Waals surface area contributed by atoms with E-state index < -0.39 is 0 Å². The van der Waals surface area contributed by atoms with Crippen molar-refractivity contribution in [2.24, 2.45) is 0 Å². The molecule has 0 saturated carbocycles. The predicted molar refractivity (Wildman–Crippen MR) is 218 cm³/mol. The Morgan fingerprint density at radius 1 is 0.340 bits per heavy atom. The number of para-hydroxylation sites is 1. The van der Waals surface area contributed by atoms with E-state index in [0.717, 1.165) is 94.3 Å². The summed E-state index contributed by atoms with van der Waals surface area (Å²) in [7, 11) is 0. The Morgan fingerprint density at radius 3 is 1.70 bits per heavy atom. The molecule has 0 unspecified atom stereocenters. The molecule has 0 radical (unpaired) electrons. The molecule has 0 atom stereocenters. The van der Waals surface area contributed by atoms with Gasteiger partial charge in [-0.15, -0.1) is 0 Å². The average molecular weight is 696 g/mol. The third-order valence-electron chi connectivity index (χ3n) is 9.76. The Morgan fingerprint density at radius 2 is 0.925 bits per heavy atom. The van der Waals surface area contributed by atoms with Gasteiger partial charge in [-0.25, -0.2) is 15.0 Å². The van der Waals surface area contributed by atoms with Gasteiger partial charge in [0.2, 0.25) is 0 Å². The van der Waals surface area contributed by atoms with E-state index in [4.69, 9.17) is 15.0 Å². The van der Waals surface area contributed by atoms with E-state index >= 15 is 0 Å². The number of aromatic nitrogens is 5. The van der Waals surface area contributed by atoms with Gasteiger partial charge in [0.15, 0.2) is 5.82 Å². The summed E-state index contributed by atoms with van der Waals surface area (Å²) in [5.74, 6) is 0.690. The van der Waals surface area contributed by atoms with Crippen LogP contribution in [0.2, 0.25) is 0 Å². The second kappa shape index (κ2) is 13.0. The maximum Gasteiger partial charge on any atom is 0.160 e. The number of nitrogens with zero attached hydrogens (tertiary/aromatic N) is 5. The topological polar surface area (TPSA) is 64.5 Å². The van der Waals surface area contributed by atoms with Gasteiger partial charge in [-0.2, -0.15) is 8.75 Å². The lowest BCUT2D eigenvalue weighted by Crippen LogP contribution is -1.96. The van der Waals surface area contributed by atoms with E-state index in [1.165, 1.54) is 11.7 Å². The van der Waals surface area contributed by atoms with Crippen molar-refractivity contribution >= 4 is 44.4 Å². The van der Waals surface area contributed by atoms with Crippen molar-refractivity contribution in [1.29, 1.82) is 0 Å². The highest BCUT2D eigenvalue weighted by Gasteiger charge is 2.16. The molecule has 10 aromatic rings. The van der Waals surface area contributed by atoms with Gasteiger partial charge in [0.05, 0.1) is 34.3 Å². The normalized spacial score (nSPS) is 11.4. The summed E-state index contributed by atoms with van der Waals surface area (Å²) in [6, 6.07) is 61.0. The second-order valence-electron chi connectivity index (χ2n) is 13.0. The van der Waals surface area contributed by atoms with Crippen LogP contribution in [0.15, 0.2) is 176 Å². The first-order chi connectivity index (χ1) is 26.2. The van der Waals surface area contributed by atoms with Gasteiger partial charge < -0.3 is 0 Å². The molecule has 7 aromatic carbocycles.